The van der Waals surface area contributed by atoms with Gasteiger partial charge >= 0.3 is 0 Å². The predicted octanol–water partition coefficient (Wildman–Crippen LogP) is 2.63. The smallest absolute Gasteiger partial charge is 0.212 e. The van der Waals surface area contributed by atoms with Gasteiger partial charge in [-0.2, -0.15) is 0 Å². The minimum Gasteiger partial charge on any atom is -0.399 e. The molecule has 0 atom stereocenters. The van der Waals surface area contributed by atoms with Crippen molar-refractivity contribution in [3.05, 3.63) is 53.1 Å². The third-order valence-electron chi connectivity index (χ3n) is 3.64. The van der Waals surface area contributed by atoms with E-state index in [-0.39, 0.29) is 5.78 Å². The van der Waals surface area contributed by atoms with E-state index in [9.17, 15) is 4.79 Å². The Kier molecular flexibility index (Phi) is 3.56. The van der Waals surface area contributed by atoms with E-state index in [0.29, 0.717) is 22.7 Å². The molecule has 1 aromatic carbocycles. The van der Waals surface area contributed by atoms with Crippen LogP contribution in [0.1, 0.15) is 47.1 Å². The van der Waals surface area contributed by atoms with E-state index in [1.807, 2.05) is 28.8 Å². The number of carbonyl (C=O) groups is 1. The van der Waals surface area contributed by atoms with Crippen LogP contribution in [0.2, 0.25) is 0 Å². The number of imidazole rings is 1. The maximum atomic E-state index is 12.7. The summed E-state index contributed by atoms with van der Waals surface area (Å²) in [5.41, 5.74) is 3.27. The first-order valence-electron chi connectivity index (χ1n) is 7.08. The molecular formula is C16H17N3O2. The van der Waals surface area contributed by atoms with Gasteiger partial charge in [-0.15, -0.1) is 0 Å². The largest absolute Gasteiger partial charge is 0.399 e. The SMILES string of the molecule is CCCCn1cnc2c1C(=O)c1ccccc1/C2=N\OC. The predicted molar refractivity (Wildman–Crippen MR) is 79.7 cm³/mol. The summed E-state index contributed by atoms with van der Waals surface area (Å²) in [7, 11) is 1.50. The number of aryl methyl sites for hydroxylation is 1. The molecule has 21 heavy (non-hydrogen) atoms. The van der Waals surface area contributed by atoms with E-state index in [1.165, 1.54) is 7.11 Å². The van der Waals surface area contributed by atoms with Crippen LogP contribution in [-0.2, 0) is 11.4 Å². The first-order valence-corrected chi connectivity index (χ1v) is 7.08. The van der Waals surface area contributed by atoms with Crippen LogP contribution >= 0.6 is 0 Å². The molecule has 0 spiro atoms. The molecule has 0 radical (unpaired) electrons. The van der Waals surface area contributed by atoms with Gasteiger partial charge in [0.1, 0.15) is 24.2 Å². The van der Waals surface area contributed by atoms with Crippen molar-refractivity contribution >= 4 is 11.5 Å². The van der Waals surface area contributed by atoms with E-state index < -0.39 is 0 Å². The molecule has 5 heteroatoms. The number of fused-ring (bicyclic) bond motifs is 2. The zero-order chi connectivity index (χ0) is 14.8. The van der Waals surface area contributed by atoms with Gasteiger partial charge in [0.2, 0.25) is 5.78 Å². The summed E-state index contributed by atoms with van der Waals surface area (Å²) < 4.78 is 1.92. The maximum absolute atomic E-state index is 12.7. The lowest BCUT2D eigenvalue weighted by Gasteiger charge is -2.17. The summed E-state index contributed by atoms with van der Waals surface area (Å²) in [5, 5.41) is 4.08. The number of benzene rings is 1. The quantitative estimate of drug-likeness (QED) is 0.692. The number of hydrogen-bond acceptors (Lipinski definition) is 4. The van der Waals surface area contributed by atoms with Crippen LogP contribution in [-0.4, -0.2) is 28.2 Å². The Morgan fingerprint density at radius 3 is 2.76 bits per heavy atom. The summed E-state index contributed by atoms with van der Waals surface area (Å²) in [4.78, 5) is 22.1. The first-order chi connectivity index (χ1) is 10.3. The number of carbonyl (C=O) groups excluding carboxylic acids is 1. The lowest BCUT2D eigenvalue weighted by atomic mass is 9.89. The van der Waals surface area contributed by atoms with Gasteiger partial charge in [-0.3, -0.25) is 4.79 Å². The Bertz CT molecular complexity index is 716. The van der Waals surface area contributed by atoms with Crippen LogP contribution in [0.15, 0.2) is 35.7 Å². The summed E-state index contributed by atoms with van der Waals surface area (Å²) in [6, 6.07) is 7.44. The molecule has 3 rings (SSSR count). The molecule has 0 saturated heterocycles. The van der Waals surface area contributed by atoms with Gasteiger partial charge in [0, 0.05) is 17.7 Å². The fourth-order valence-electron chi connectivity index (χ4n) is 2.62. The molecule has 0 aliphatic heterocycles. The van der Waals surface area contributed by atoms with Crippen LogP contribution < -0.4 is 0 Å². The van der Waals surface area contributed by atoms with Gasteiger partial charge in [-0.25, -0.2) is 4.98 Å². The molecule has 0 bridgehead atoms. The Morgan fingerprint density at radius 1 is 1.29 bits per heavy atom. The van der Waals surface area contributed by atoms with Gasteiger partial charge in [-0.1, -0.05) is 42.8 Å². The van der Waals surface area contributed by atoms with Crippen LogP contribution in [0.3, 0.4) is 0 Å². The molecule has 0 amide bonds. The molecule has 1 aromatic heterocycles. The zero-order valence-corrected chi connectivity index (χ0v) is 12.2. The Hall–Kier alpha value is -2.43. The number of rotatable bonds is 4. The molecule has 108 valence electrons. The molecular weight excluding hydrogens is 266 g/mol. The number of aromatic nitrogens is 2. The van der Waals surface area contributed by atoms with Crippen LogP contribution in [0.25, 0.3) is 0 Å². The number of nitrogens with zero attached hydrogens (tertiary/aromatic N) is 3. The average molecular weight is 283 g/mol. The maximum Gasteiger partial charge on any atom is 0.212 e. The van der Waals surface area contributed by atoms with Crippen LogP contribution in [0.4, 0.5) is 0 Å². The van der Waals surface area contributed by atoms with Crippen LogP contribution in [0.5, 0.6) is 0 Å². The molecule has 1 heterocycles. The fraction of sp³-hybridized carbons (Fsp3) is 0.312. The Morgan fingerprint density at radius 2 is 2.05 bits per heavy atom. The van der Waals surface area contributed by atoms with E-state index in [1.54, 1.807) is 6.33 Å². The van der Waals surface area contributed by atoms with Gasteiger partial charge in [0.15, 0.2) is 0 Å². The average Bonchev–Trinajstić information content (AvgIpc) is 2.93. The van der Waals surface area contributed by atoms with Gasteiger partial charge in [0.25, 0.3) is 0 Å². The minimum atomic E-state index is 0.00394. The van der Waals surface area contributed by atoms with Crippen LogP contribution in [0, 0.1) is 0 Å². The van der Waals surface area contributed by atoms with E-state index in [0.717, 1.165) is 24.9 Å². The minimum absolute atomic E-state index is 0.00394. The second kappa shape index (κ2) is 5.52. The summed E-state index contributed by atoms with van der Waals surface area (Å²) in [6.45, 7) is 2.91. The van der Waals surface area contributed by atoms with E-state index in [2.05, 4.69) is 17.1 Å². The molecule has 2 aromatic rings. The summed E-state index contributed by atoms with van der Waals surface area (Å²) in [5.74, 6) is 0.00394. The fourth-order valence-corrected chi connectivity index (χ4v) is 2.62. The topological polar surface area (TPSA) is 56.5 Å². The first kappa shape index (κ1) is 13.5. The van der Waals surface area contributed by atoms with Crippen molar-refractivity contribution in [3.8, 4) is 0 Å². The Balaban J connectivity index is 2.17. The molecule has 0 unspecified atom stereocenters. The van der Waals surface area contributed by atoms with Crippen molar-refractivity contribution in [3.63, 3.8) is 0 Å². The molecule has 0 fully saturated rings. The van der Waals surface area contributed by atoms with Gasteiger partial charge in [0.05, 0.1) is 6.33 Å². The van der Waals surface area contributed by atoms with Crippen molar-refractivity contribution in [2.45, 2.75) is 26.3 Å². The van der Waals surface area contributed by atoms with Gasteiger partial charge < -0.3 is 9.40 Å². The molecule has 0 N–H and O–H groups in total. The van der Waals surface area contributed by atoms with Crippen molar-refractivity contribution in [2.75, 3.05) is 7.11 Å². The normalized spacial score (nSPS) is 15.0. The van der Waals surface area contributed by atoms with E-state index >= 15 is 0 Å². The third-order valence-corrected chi connectivity index (χ3v) is 3.64. The van der Waals surface area contributed by atoms with Crippen molar-refractivity contribution in [1.82, 2.24) is 9.55 Å². The second-order valence-corrected chi connectivity index (χ2v) is 4.99. The third kappa shape index (κ3) is 2.14. The molecule has 0 saturated carbocycles. The molecule has 5 nitrogen and oxygen atoms in total. The second-order valence-electron chi connectivity index (χ2n) is 4.99. The summed E-state index contributed by atoms with van der Waals surface area (Å²) in [6.07, 6.45) is 3.79. The highest BCUT2D eigenvalue weighted by molar-refractivity contribution is 6.28. The van der Waals surface area contributed by atoms with Gasteiger partial charge in [-0.05, 0) is 6.42 Å². The zero-order valence-electron chi connectivity index (χ0n) is 12.2. The number of ketones is 1. The number of unbranched alkanes of at least 4 members (excludes halogenated alkanes) is 1. The van der Waals surface area contributed by atoms with Crippen molar-refractivity contribution in [1.29, 1.82) is 0 Å². The number of oxime groups is 1. The molecule has 1 aliphatic rings. The standard InChI is InChI=1S/C16H17N3O2/c1-3-4-9-19-10-17-14-13(18-21-2)11-7-5-6-8-12(11)16(20)15(14)19/h5-8,10H,3-4,9H2,1-2H3/b18-13+. The lowest BCUT2D eigenvalue weighted by molar-refractivity contribution is 0.102. The highest BCUT2D eigenvalue weighted by Crippen LogP contribution is 2.27. The van der Waals surface area contributed by atoms with E-state index in [4.69, 9.17) is 4.84 Å². The van der Waals surface area contributed by atoms with Crippen molar-refractivity contribution < 1.29 is 9.63 Å². The monoisotopic (exact) mass is 283 g/mol. The lowest BCUT2D eigenvalue weighted by Crippen LogP contribution is -2.24. The number of hydrogen-bond donors (Lipinski definition) is 0. The molecule has 1 aliphatic carbocycles. The van der Waals surface area contributed by atoms with Crippen molar-refractivity contribution in [2.24, 2.45) is 5.16 Å². The highest BCUT2D eigenvalue weighted by Gasteiger charge is 2.32. The Labute approximate surface area is 123 Å². The highest BCUT2D eigenvalue weighted by atomic mass is 16.6. The summed E-state index contributed by atoms with van der Waals surface area (Å²) >= 11 is 0.